The van der Waals surface area contributed by atoms with Crippen LogP contribution in [0.3, 0.4) is 0 Å². The van der Waals surface area contributed by atoms with Crippen LogP contribution in [0.4, 0.5) is 0 Å². The van der Waals surface area contributed by atoms with Gasteiger partial charge in [-0.25, -0.2) is 8.42 Å². The number of rotatable bonds is 7. The molecule has 168 valence electrons. The molecule has 1 aliphatic heterocycles. The van der Waals surface area contributed by atoms with Gasteiger partial charge in [-0.3, -0.25) is 4.79 Å². The standard InChI is InChI=1S/C25H28N2O4S/c1-20-12-13-23(32(29,30)27-14-6-3-7-15-27)17-24(20)25(28)26(19-22-11-8-16-31-22)18-21-9-4-2-5-10-21/h2,4-5,8-13,16-17H,3,6-7,14-15,18-19H2,1H3. The Morgan fingerprint density at radius 1 is 0.969 bits per heavy atom. The number of furan rings is 1. The summed E-state index contributed by atoms with van der Waals surface area (Å²) in [7, 11) is -3.63. The predicted octanol–water partition coefficient (Wildman–Crippen LogP) is 4.61. The molecule has 0 radical (unpaired) electrons. The molecule has 0 spiro atoms. The van der Waals surface area contributed by atoms with Crippen LogP contribution in [0, 0.1) is 6.92 Å². The van der Waals surface area contributed by atoms with Crippen LogP contribution in [-0.4, -0.2) is 36.6 Å². The van der Waals surface area contributed by atoms with Crippen LogP contribution in [0.1, 0.15) is 46.5 Å². The van der Waals surface area contributed by atoms with Gasteiger partial charge in [0.15, 0.2) is 0 Å². The Kier molecular flexibility index (Phi) is 6.77. The third-order valence-electron chi connectivity index (χ3n) is 5.82. The molecule has 1 amide bonds. The lowest BCUT2D eigenvalue weighted by atomic mass is 10.1. The third kappa shape index (κ3) is 4.95. The molecule has 1 fully saturated rings. The van der Waals surface area contributed by atoms with Gasteiger partial charge in [0.1, 0.15) is 5.76 Å². The minimum absolute atomic E-state index is 0.172. The summed E-state index contributed by atoms with van der Waals surface area (Å²) in [4.78, 5) is 15.5. The first-order valence-electron chi connectivity index (χ1n) is 10.9. The molecule has 0 unspecified atom stereocenters. The van der Waals surface area contributed by atoms with Crippen LogP contribution in [-0.2, 0) is 23.1 Å². The van der Waals surface area contributed by atoms with Crippen LogP contribution in [0.25, 0.3) is 0 Å². The monoisotopic (exact) mass is 452 g/mol. The summed E-state index contributed by atoms with van der Waals surface area (Å²) in [5.74, 6) is 0.447. The zero-order valence-electron chi connectivity index (χ0n) is 18.2. The lowest BCUT2D eigenvalue weighted by molar-refractivity contribution is 0.0716. The average Bonchev–Trinajstić information content (AvgIpc) is 3.33. The molecule has 2 heterocycles. The molecule has 6 nitrogen and oxygen atoms in total. The van der Waals surface area contributed by atoms with E-state index >= 15 is 0 Å². The fraction of sp³-hybridized carbons (Fsp3) is 0.320. The Hall–Kier alpha value is -2.90. The molecule has 7 heteroatoms. The number of sulfonamides is 1. The van der Waals surface area contributed by atoms with Crippen LogP contribution < -0.4 is 0 Å². The number of hydrogen-bond acceptors (Lipinski definition) is 4. The summed E-state index contributed by atoms with van der Waals surface area (Å²) >= 11 is 0. The van der Waals surface area contributed by atoms with Crippen molar-refractivity contribution in [2.24, 2.45) is 0 Å². The maximum Gasteiger partial charge on any atom is 0.254 e. The van der Waals surface area contributed by atoms with Crippen molar-refractivity contribution < 1.29 is 17.6 Å². The van der Waals surface area contributed by atoms with E-state index in [1.807, 2.05) is 43.3 Å². The van der Waals surface area contributed by atoms with Crippen molar-refractivity contribution in [3.8, 4) is 0 Å². The quantitative estimate of drug-likeness (QED) is 0.525. The fourth-order valence-corrected chi connectivity index (χ4v) is 5.55. The summed E-state index contributed by atoms with van der Waals surface area (Å²) in [5.41, 5.74) is 2.12. The van der Waals surface area contributed by atoms with E-state index in [0.29, 0.717) is 37.5 Å². The van der Waals surface area contributed by atoms with Gasteiger partial charge in [0.25, 0.3) is 5.91 Å². The van der Waals surface area contributed by atoms with E-state index in [1.165, 1.54) is 10.4 Å². The fourth-order valence-electron chi connectivity index (χ4n) is 4.01. The lowest BCUT2D eigenvalue weighted by Gasteiger charge is -2.27. The van der Waals surface area contributed by atoms with Crippen LogP contribution in [0.2, 0.25) is 0 Å². The van der Waals surface area contributed by atoms with Crippen molar-refractivity contribution in [3.05, 3.63) is 89.4 Å². The minimum Gasteiger partial charge on any atom is -0.467 e. The van der Waals surface area contributed by atoms with Gasteiger partial charge in [-0.2, -0.15) is 4.31 Å². The maximum absolute atomic E-state index is 13.6. The highest BCUT2D eigenvalue weighted by atomic mass is 32.2. The second-order valence-electron chi connectivity index (χ2n) is 8.17. The number of piperidine rings is 1. The van der Waals surface area contributed by atoms with Crippen LogP contribution in [0.5, 0.6) is 0 Å². The molecule has 0 atom stereocenters. The van der Waals surface area contributed by atoms with Crippen LogP contribution >= 0.6 is 0 Å². The maximum atomic E-state index is 13.6. The van der Waals surface area contributed by atoms with Crippen molar-refractivity contribution in [2.75, 3.05) is 13.1 Å². The second-order valence-corrected chi connectivity index (χ2v) is 10.1. The number of aryl methyl sites for hydroxylation is 1. The molecule has 0 aliphatic carbocycles. The Morgan fingerprint density at radius 3 is 2.41 bits per heavy atom. The molecule has 1 aliphatic rings. The topological polar surface area (TPSA) is 70.8 Å². The second kappa shape index (κ2) is 9.71. The zero-order chi connectivity index (χ0) is 22.6. The van der Waals surface area contributed by atoms with E-state index in [2.05, 4.69) is 0 Å². The molecule has 3 aromatic rings. The first-order valence-corrected chi connectivity index (χ1v) is 12.4. The summed E-state index contributed by atoms with van der Waals surface area (Å²) in [5, 5.41) is 0. The van der Waals surface area contributed by atoms with E-state index in [0.717, 1.165) is 30.4 Å². The minimum atomic E-state index is -3.63. The van der Waals surface area contributed by atoms with Crippen molar-refractivity contribution in [1.82, 2.24) is 9.21 Å². The highest BCUT2D eigenvalue weighted by Crippen LogP contribution is 2.24. The number of amides is 1. The lowest BCUT2D eigenvalue weighted by Crippen LogP contribution is -2.36. The SMILES string of the molecule is Cc1ccc(S(=O)(=O)N2CCCCC2)cc1C(=O)N(Cc1ccccc1)Cc1ccco1. The first kappa shape index (κ1) is 22.3. The van der Waals surface area contributed by atoms with Gasteiger partial charge >= 0.3 is 0 Å². The van der Waals surface area contributed by atoms with E-state index in [1.54, 1.807) is 29.4 Å². The molecule has 2 aromatic carbocycles. The predicted molar refractivity (Wildman–Crippen MR) is 123 cm³/mol. The van der Waals surface area contributed by atoms with Gasteiger partial charge in [-0.15, -0.1) is 0 Å². The number of hydrogen-bond donors (Lipinski definition) is 0. The Labute approximate surface area is 189 Å². The van der Waals surface area contributed by atoms with Gasteiger partial charge in [-0.05, 0) is 55.2 Å². The van der Waals surface area contributed by atoms with E-state index < -0.39 is 10.0 Å². The van der Waals surface area contributed by atoms with Crippen molar-refractivity contribution >= 4 is 15.9 Å². The molecule has 4 rings (SSSR count). The van der Waals surface area contributed by atoms with Crippen LogP contribution in [0.15, 0.2) is 76.2 Å². The van der Waals surface area contributed by atoms with Crippen molar-refractivity contribution in [3.63, 3.8) is 0 Å². The highest BCUT2D eigenvalue weighted by Gasteiger charge is 2.28. The number of nitrogens with zero attached hydrogens (tertiary/aromatic N) is 2. The summed E-state index contributed by atoms with van der Waals surface area (Å²) in [6.07, 6.45) is 4.36. The largest absolute Gasteiger partial charge is 0.467 e. The average molecular weight is 453 g/mol. The molecule has 0 bridgehead atoms. The Balaban J connectivity index is 1.66. The Morgan fingerprint density at radius 2 is 1.72 bits per heavy atom. The Bertz CT molecular complexity index is 1150. The number of carbonyl (C=O) groups is 1. The third-order valence-corrected chi connectivity index (χ3v) is 7.72. The van der Waals surface area contributed by atoms with Crippen molar-refractivity contribution in [1.29, 1.82) is 0 Å². The number of carbonyl (C=O) groups excluding carboxylic acids is 1. The smallest absolute Gasteiger partial charge is 0.254 e. The molecule has 1 saturated heterocycles. The summed E-state index contributed by atoms with van der Waals surface area (Å²) in [6.45, 7) is 3.57. The molecular formula is C25H28N2O4S. The van der Waals surface area contributed by atoms with Crippen molar-refractivity contribution in [2.45, 2.75) is 44.2 Å². The molecule has 32 heavy (non-hydrogen) atoms. The van der Waals surface area contributed by atoms with Gasteiger partial charge in [0, 0.05) is 25.2 Å². The zero-order valence-corrected chi connectivity index (χ0v) is 19.1. The highest BCUT2D eigenvalue weighted by molar-refractivity contribution is 7.89. The van der Waals surface area contributed by atoms with E-state index in [-0.39, 0.29) is 10.8 Å². The van der Waals surface area contributed by atoms with Gasteiger partial charge in [0.05, 0.1) is 17.7 Å². The number of benzene rings is 2. The molecular weight excluding hydrogens is 424 g/mol. The van der Waals surface area contributed by atoms with Gasteiger partial charge < -0.3 is 9.32 Å². The molecule has 0 N–H and O–H groups in total. The first-order chi connectivity index (χ1) is 15.4. The summed E-state index contributed by atoms with van der Waals surface area (Å²) < 4.78 is 33.4. The van der Waals surface area contributed by atoms with Gasteiger partial charge in [0.2, 0.25) is 10.0 Å². The normalized spacial score (nSPS) is 14.9. The van der Waals surface area contributed by atoms with Gasteiger partial charge in [-0.1, -0.05) is 42.8 Å². The molecule has 1 aromatic heterocycles. The molecule has 0 saturated carbocycles. The van der Waals surface area contributed by atoms with E-state index in [4.69, 9.17) is 4.42 Å². The van der Waals surface area contributed by atoms with E-state index in [9.17, 15) is 13.2 Å². The summed E-state index contributed by atoms with van der Waals surface area (Å²) in [6, 6.07) is 18.2.